The summed E-state index contributed by atoms with van der Waals surface area (Å²) < 4.78 is 10.5. The molecule has 0 amide bonds. The lowest BCUT2D eigenvalue weighted by Gasteiger charge is -2.05. The van der Waals surface area contributed by atoms with E-state index in [4.69, 9.17) is 14.4 Å². The third-order valence-electron chi connectivity index (χ3n) is 2.47. The van der Waals surface area contributed by atoms with E-state index >= 15 is 0 Å². The maximum Gasteiger partial charge on any atom is 0.270 e. The standard InChI is InChI=1S/C12H10N2O5/c1-18-11-4-2-8(14(16)17)6-10(11)12-5-3-9(19-12)7-13-15/h2-7,15H,1H3. The zero-order chi connectivity index (χ0) is 13.8. The van der Waals surface area contributed by atoms with Gasteiger partial charge in [-0.3, -0.25) is 10.1 Å². The summed E-state index contributed by atoms with van der Waals surface area (Å²) in [7, 11) is 1.46. The van der Waals surface area contributed by atoms with Gasteiger partial charge in [-0.25, -0.2) is 0 Å². The Labute approximate surface area is 107 Å². The molecule has 0 atom stereocenters. The molecular formula is C12H10N2O5. The highest BCUT2D eigenvalue weighted by Crippen LogP contribution is 2.34. The summed E-state index contributed by atoms with van der Waals surface area (Å²) in [6.45, 7) is 0. The summed E-state index contributed by atoms with van der Waals surface area (Å²) in [5.41, 5.74) is 0.388. The number of benzene rings is 1. The van der Waals surface area contributed by atoms with E-state index in [9.17, 15) is 10.1 Å². The van der Waals surface area contributed by atoms with Crippen LogP contribution in [0.3, 0.4) is 0 Å². The van der Waals surface area contributed by atoms with Crippen molar-refractivity contribution in [2.75, 3.05) is 7.11 Å². The Hall–Kier alpha value is -2.83. The van der Waals surface area contributed by atoms with Crippen LogP contribution in [0.2, 0.25) is 0 Å². The Kier molecular flexibility index (Phi) is 3.46. The van der Waals surface area contributed by atoms with E-state index in [2.05, 4.69) is 5.16 Å². The average Bonchev–Trinajstić information content (AvgIpc) is 2.87. The molecule has 0 aliphatic carbocycles. The first-order chi connectivity index (χ1) is 9.15. The van der Waals surface area contributed by atoms with Gasteiger partial charge in [-0.1, -0.05) is 5.16 Å². The molecule has 0 unspecified atom stereocenters. The Morgan fingerprint density at radius 3 is 2.84 bits per heavy atom. The second-order valence-electron chi connectivity index (χ2n) is 3.59. The highest BCUT2D eigenvalue weighted by atomic mass is 16.6. The Morgan fingerprint density at radius 2 is 2.21 bits per heavy atom. The maximum atomic E-state index is 10.8. The largest absolute Gasteiger partial charge is 0.496 e. The number of oxime groups is 1. The lowest BCUT2D eigenvalue weighted by Crippen LogP contribution is -1.91. The molecule has 7 heteroatoms. The van der Waals surface area contributed by atoms with Crippen LogP contribution in [0.25, 0.3) is 11.3 Å². The number of nitro groups is 1. The van der Waals surface area contributed by atoms with Gasteiger partial charge < -0.3 is 14.4 Å². The second kappa shape index (κ2) is 5.21. The molecule has 1 N–H and O–H groups in total. The summed E-state index contributed by atoms with van der Waals surface area (Å²) in [4.78, 5) is 10.3. The van der Waals surface area contributed by atoms with Crippen LogP contribution in [0, 0.1) is 10.1 Å². The van der Waals surface area contributed by atoms with Crippen molar-refractivity contribution in [1.29, 1.82) is 0 Å². The predicted molar refractivity (Wildman–Crippen MR) is 66.7 cm³/mol. The average molecular weight is 262 g/mol. The first kappa shape index (κ1) is 12.6. The molecule has 0 aliphatic heterocycles. The van der Waals surface area contributed by atoms with Gasteiger partial charge in [0.2, 0.25) is 0 Å². The van der Waals surface area contributed by atoms with Gasteiger partial charge in [0, 0.05) is 12.1 Å². The molecule has 0 saturated heterocycles. The molecule has 0 bridgehead atoms. The highest BCUT2D eigenvalue weighted by molar-refractivity contribution is 5.78. The van der Waals surface area contributed by atoms with E-state index in [1.165, 1.54) is 25.3 Å². The first-order valence-corrected chi connectivity index (χ1v) is 5.25. The number of nitro benzene ring substituents is 1. The topological polar surface area (TPSA) is 98.1 Å². The monoisotopic (exact) mass is 262 g/mol. The molecular weight excluding hydrogens is 252 g/mol. The second-order valence-corrected chi connectivity index (χ2v) is 3.59. The van der Waals surface area contributed by atoms with Crippen molar-refractivity contribution in [3.05, 3.63) is 46.2 Å². The van der Waals surface area contributed by atoms with Crippen LogP contribution in [-0.2, 0) is 0 Å². The summed E-state index contributed by atoms with van der Waals surface area (Å²) in [5, 5.41) is 22.0. The summed E-state index contributed by atoms with van der Waals surface area (Å²) in [5.74, 6) is 1.16. The van der Waals surface area contributed by atoms with Crippen molar-refractivity contribution < 1.29 is 19.3 Å². The van der Waals surface area contributed by atoms with Gasteiger partial charge in [0.05, 0.1) is 17.6 Å². The summed E-state index contributed by atoms with van der Waals surface area (Å²) >= 11 is 0. The van der Waals surface area contributed by atoms with Crippen molar-refractivity contribution in [3.63, 3.8) is 0 Å². The van der Waals surface area contributed by atoms with Crippen LogP contribution in [0.15, 0.2) is 39.9 Å². The van der Waals surface area contributed by atoms with E-state index in [1.54, 1.807) is 12.1 Å². The quantitative estimate of drug-likeness (QED) is 0.395. The minimum atomic E-state index is -0.498. The minimum absolute atomic E-state index is 0.0652. The van der Waals surface area contributed by atoms with Crippen molar-refractivity contribution >= 4 is 11.9 Å². The molecule has 7 nitrogen and oxygen atoms in total. The van der Waals surface area contributed by atoms with Crippen LogP contribution in [0.1, 0.15) is 5.76 Å². The lowest BCUT2D eigenvalue weighted by atomic mass is 10.1. The molecule has 1 heterocycles. The number of methoxy groups -OCH3 is 1. The molecule has 1 aromatic heterocycles. The van der Waals surface area contributed by atoms with E-state index < -0.39 is 4.92 Å². The van der Waals surface area contributed by atoms with Gasteiger partial charge in [0.25, 0.3) is 5.69 Å². The lowest BCUT2D eigenvalue weighted by molar-refractivity contribution is -0.384. The zero-order valence-corrected chi connectivity index (χ0v) is 9.94. The molecule has 98 valence electrons. The highest BCUT2D eigenvalue weighted by Gasteiger charge is 2.15. The summed E-state index contributed by atoms with van der Waals surface area (Å²) in [6.07, 6.45) is 1.12. The fraction of sp³-hybridized carbons (Fsp3) is 0.0833. The molecule has 19 heavy (non-hydrogen) atoms. The molecule has 1 aromatic carbocycles. The van der Waals surface area contributed by atoms with E-state index in [1.807, 2.05) is 0 Å². The third-order valence-corrected chi connectivity index (χ3v) is 2.47. The van der Waals surface area contributed by atoms with Crippen LogP contribution >= 0.6 is 0 Å². The van der Waals surface area contributed by atoms with Crippen molar-refractivity contribution in [1.82, 2.24) is 0 Å². The van der Waals surface area contributed by atoms with Gasteiger partial charge in [-0.2, -0.15) is 0 Å². The smallest absolute Gasteiger partial charge is 0.270 e. The SMILES string of the molecule is COc1ccc([N+](=O)[O-])cc1-c1ccc(C=NO)o1. The third kappa shape index (κ3) is 2.54. The number of hydrogen-bond donors (Lipinski definition) is 1. The Morgan fingerprint density at radius 1 is 1.42 bits per heavy atom. The number of non-ortho nitro benzene ring substituents is 1. The van der Waals surface area contributed by atoms with E-state index in [-0.39, 0.29) is 5.69 Å². The number of ether oxygens (including phenoxy) is 1. The van der Waals surface area contributed by atoms with Crippen molar-refractivity contribution in [3.8, 4) is 17.1 Å². The molecule has 0 radical (unpaired) electrons. The molecule has 0 spiro atoms. The predicted octanol–water partition coefficient (Wildman–Crippen LogP) is 2.67. The van der Waals surface area contributed by atoms with Crippen LogP contribution in [0.5, 0.6) is 5.75 Å². The molecule has 0 fully saturated rings. The first-order valence-electron chi connectivity index (χ1n) is 5.25. The van der Waals surface area contributed by atoms with Crippen LogP contribution in [0.4, 0.5) is 5.69 Å². The van der Waals surface area contributed by atoms with Gasteiger partial charge in [-0.05, 0) is 18.2 Å². The zero-order valence-electron chi connectivity index (χ0n) is 9.94. The van der Waals surface area contributed by atoms with Crippen LogP contribution in [-0.4, -0.2) is 23.5 Å². The number of nitrogens with zero attached hydrogens (tertiary/aromatic N) is 2. The molecule has 0 saturated carbocycles. The van der Waals surface area contributed by atoms with Gasteiger partial charge in [-0.15, -0.1) is 0 Å². The number of hydrogen-bond acceptors (Lipinski definition) is 6. The van der Waals surface area contributed by atoms with E-state index in [0.717, 1.165) is 6.21 Å². The Balaban J connectivity index is 2.51. The maximum absolute atomic E-state index is 10.8. The number of furan rings is 1. The number of rotatable bonds is 4. The molecule has 2 aromatic rings. The van der Waals surface area contributed by atoms with Crippen molar-refractivity contribution in [2.45, 2.75) is 0 Å². The van der Waals surface area contributed by atoms with E-state index in [0.29, 0.717) is 22.8 Å². The molecule has 0 aliphatic rings. The van der Waals surface area contributed by atoms with Gasteiger partial charge in [0.1, 0.15) is 23.5 Å². The van der Waals surface area contributed by atoms with Gasteiger partial charge >= 0.3 is 0 Å². The van der Waals surface area contributed by atoms with Crippen molar-refractivity contribution in [2.24, 2.45) is 5.16 Å². The minimum Gasteiger partial charge on any atom is -0.496 e. The fourth-order valence-corrected chi connectivity index (χ4v) is 1.63. The normalized spacial score (nSPS) is 10.8. The van der Waals surface area contributed by atoms with Crippen LogP contribution < -0.4 is 4.74 Å². The molecule has 2 rings (SSSR count). The Bertz CT molecular complexity index is 633. The van der Waals surface area contributed by atoms with Gasteiger partial charge in [0.15, 0.2) is 0 Å². The fourth-order valence-electron chi connectivity index (χ4n) is 1.63. The summed E-state index contributed by atoms with van der Waals surface area (Å²) in [6, 6.07) is 7.39.